The van der Waals surface area contributed by atoms with Crippen molar-refractivity contribution in [3.63, 3.8) is 0 Å². The zero-order chi connectivity index (χ0) is 60.3. The number of carbonyl (C=O) groups is 3. The third-order valence-electron chi connectivity index (χ3n) is 15.7. The molecule has 0 spiro atoms. The van der Waals surface area contributed by atoms with Crippen LogP contribution >= 0.6 is 0 Å². The Labute approximate surface area is 497 Å². The van der Waals surface area contributed by atoms with Gasteiger partial charge >= 0.3 is 0 Å². The van der Waals surface area contributed by atoms with Gasteiger partial charge in [-0.25, -0.2) is 8.78 Å². The zero-order valence-corrected chi connectivity index (χ0v) is 50.3. The van der Waals surface area contributed by atoms with Crippen molar-refractivity contribution in [3.05, 3.63) is 190 Å². The highest BCUT2D eigenvalue weighted by Gasteiger charge is 2.38. The van der Waals surface area contributed by atoms with Gasteiger partial charge in [0.25, 0.3) is 5.91 Å². The van der Waals surface area contributed by atoms with Crippen molar-refractivity contribution in [2.24, 2.45) is 0 Å². The number of nitrogens with one attached hydrogen (secondary N) is 1. The molecule has 0 saturated carbocycles. The average molecular weight is 1150 g/mol. The molecule has 4 atom stereocenters. The molecule has 4 aliphatic heterocycles. The average Bonchev–Trinajstić information content (AvgIpc) is 4.10. The van der Waals surface area contributed by atoms with Gasteiger partial charge in [0.1, 0.15) is 23.2 Å². The van der Waals surface area contributed by atoms with E-state index in [1.54, 1.807) is 43.0 Å². The summed E-state index contributed by atoms with van der Waals surface area (Å²) in [6.07, 6.45) is 10.5. The Balaban J connectivity index is 0.000000192. The minimum Gasteiger partial charge on any atom is -0.459 e. The van der Waals surface area contributed by atoms with Gasteiger partial charge in [0.05, 0.1) is 53.5 Å². The minimum absolute atomic E-state index is 0.0397. The number of rotatable bonds is 13. The summed E-state index contributed by atoms with van der Waals surface area (Å²) in [5.74, 6) is -1.87. The second-order valence-electron chi connectivity index (χ2n) is 24.2. The summed E-state index contributed by atoms with van der Waals surface area (Å²) >= 11 is 0. The number of hydrogen-bond acceptors (Lipinski definition) is 11. The third kappa shape index (κ3) is 14.1. The SMILES string of the molecule is CC(=O)C[C@H]1C[C@@H](/C=C/c2c(C(C)C)nc3c(c2-c2ccc(F)cc2)CN(C(=O)c2ccco2)Cc2ccccc2-3)OC(C)(C)O1.CC(=O)C[C@H]1C[C@@H](/C=C/c2c(C(C)C)nc3c(c2-c2ccc(F)cc2)CNCc2ccccc2-3)OC(C)(C)O1. The molecule has 3 aromatic heterocycles. The molecule has 4 aliphatic rings. The van der Waals surface area contributed by atoms with Gasteiger partial charge in [-0.3, -0.25) is 24.4 Å². The monoisotopic (exact) mass is 1150 g/mol. The third-order valence-corrected chi connectivity index (χ3v) is 15.7. The number of pyridine rings is 2. The second kappa shape index (κ2) is 25.5. The van der Waals surface area contributed by atoms with Gasteiger partial charge < -0.3 is 33.6 Å². The van der Waals surface area contributed by atoms with E-state index in [0.29, 0.717) is 38.8 Å². The van der Waals surface area contributed by atoms with Gasteiger partial charge in [-0.2, -0.15) is 0 Å². The van der Waals surface area contributed by atoms with Crippen LogP contribution in [0.25, 0.3) is 56.9 Å². The number of carbonyl (C=O) groups excluding carboxylic acids is 3. The molecule has 0 radical (unpaired) electrons. The van der Waals surface area contributed by atoms with Gasteiger partial charge in [-0.05, 0) is 123 Å². The van der Waals surface area contributed by atoms with Crippen LogP contribution in [0, 0.1) is 11.6 Å². The summed E-state index contributed by atoms with van der Waals surface area (Å²) in [6.45, 7) is 21.2. The highest BCUT2D eigenvalue weighted by atomic mass is 19.1. The highest BCUT2D eigenvalue weighted by Crippen LogP contribution is 2.45. The lowest BCUT2D eigenvalue weighted by Gasteiger charge is -2.39. The normalized spacial score (nSPS) is 19.8. The molecular formula is C71H76F2N4O8. The fourth-order valence-electron chi connectivity index (χ4n) is 12.3. The molecule has 85 heavy (non-hydrogen) atoms. The van der Waals surface area contributed by atoms with Gasteiger partial charge in [-0.1, -0.05) is 125 Å². The molecule has 0 aliphatic carbocycles. The maximum atomic E-state index is 14.3. The van der Waals surface area contributed by atoms with E-state index in [1.807, 2.05) is 76.2 Å². The smallest absolute Gasteiger partial charge is 0.290 e. The largest absolute Gasteiger partial charge is 0.459 e. The van der Waals surface area contributed by atoms with Crippen molar-refractivity contribution >= 4 is 29.6 Å². The standard InChI is InChI=1S/C38H39FN2O5.C33H37FN2O3/c1-23(2)35-31(17-16-28-20-29(19-24(3)42)46-38(4,5)45-28)34(25-12-14-27(39)15-13-25)32-22-41(37(43)33-11-8-18-44-33)21-26-9-6-7-10-30(26)36(32)40-35;1-20(2)31-28(15-14-25-17-26(16-21(3)37)39-33(4,5)38-25)30(22-10-12-24(34)13-11-22)29-19-35-18-23-8-6-7-9-27(23)32(29)36-31/h6-18,23,28-29H,19-22H2,1-5H3;6-15,20,25-26,35H,16-19H2,1-5H3/b17-16+;15-14+/t28-,29+;25-,26+/m11/s1. The van der Waals surface area contributed by atoms with Crippen LogP contribution in [-0.2, 0) is 54.7 Å². The molecule has 11 rings (SSSR count). The predicted molar refractivity (Wildman–Crippen MR) is 327 cm³/mol. The van der Waals surface area contributed by atoms with Crippen LogP contribution in [0.3, 0.4) is 0 Å². The summed E-state index contributed by atoms with van der Waals surface area (Å²) in [5, 5.41) is 3.59. The number of furan rings is 1. The van der Waals surface area contributed by atoms with E-state index in [2.05, 4.69) is 69.4 Å². The number of ketones is 2. The maximum absolute atomic E-state index is 14.3. The molecule has 14 heteroatoms. The highest BCUT2D eigenvalue weighted by molar-refractivity contribution is 5.93. The number of fused-ring (bicyclic) bond motifs is 6. The maximum Gasteiger partial charge on any atom is 0.290 e. The van der Waals surface area contributed by atoms with Crippen LogP contribution in [0.5, 0.6) is 0 Å². The van der Waals surface area contributed by atoms with E-state index in [-0.39, 0.29) is 77.7 Å². The molecule has 0 bridgehead atoms. The Kier molecular flexibility index (Phi) is 18.2. The lowest BCUT2D eigenvalue weighted by molar-refractivity contribution is -0.290. The number of amides is 1. The molecule has 2 saturated heterocycles. The topological polar surface area (TPSA) is 142 Å². The second-order valence-corrected chi connectivity index (χ2v) is 24.2. The Morgan fingerprint density at radius 3 is 1.55 bits per heavy atom. The summed E-state index contributed by atoms with van der Waals surface area (Å²) in [7, 11) is 0. The molecule has 7 heterocycles. The molecular weight excluding hydrogens is 1070 g/mol. The van der Waals surface area contributed by atoms with Crippen molar-refractivity contribution in [2.45, 2.75) is 169 Å². The van der Waals surface area contributed by atoms with Crippen molar-refractivity contribution in [1.29, 1.82) is 0 Å². The van der Waals surface area contributed by atoms with Gasteiger partial charge in [0.15, 0.2) is 17.3 Å². The quantitative estimate of drug-likeness (QED) is 0.118. The first-order valence-corrected chi connectivity index (χ1v) is 29.5. The number of hydrogen-bond donors (Lipinski definition) is 1. The van der Waals surface area contributed by atoms with Crippen LogP contribution in [0.4, 0.5) is 8.78 Å². The summed E-state index contributed by atoms with van der Waals surface area (Å²) < 4.78 is 58.4. The first-order chi connectivity index (χ1) is 40.6. The minimum atomic E-state index is -0.865. The Morgan fingerprint density at radius 2 is 1.07 bits per heavy atom. The van der Waals surface area contributed by atoms with Crippen LogP contribution < -0.4 is 5.32 Å². The molecule has 1 amide bonds. The van der Waals surface area contributed by atoms with Crippen LogP contribution in [-0.4, -0.2) is 68.3 Å². The van der Waals surface area contributed by atoms with E-state index >= 15 is 0 Å². The molecule has 2 fully saturated rings. The van der Waals surface area contributed by atoms with Crippen LogP contribution in [0.1, 0.15) is 162 Å². The van der Waals surface area contributed by atoms with E-state index < -0.39 is 11.6 Å². The summed E-state index contributed by atoms with van der Waals surface area (Å²) in [6, 6.07) is 33.0. The zero-order valence-electron chi connectivity index (χ0n) is 50.3. The van der Waals surface area contributed by atoms with Crippen molar-refractivity contribution in [2.75, 3.05) is 0 Å². The molecule has 0 unspecified atom stereocenters. The first-order valence-electron chi connectivity index (χ1n) is 29.5. The lowest BCUT2D eigenvalue weighted by Crippen LogP contribution is -2.44. The van der Waals surface area contributed by atoms with Crippen LogP contribution in [0.15, 0.2) is 132 Å². The summed E-state index contributed by atoms with van der Waals surface area (Å²) in [5.41, 5.74) is 15.4. The molecule has 4 aromatic carbocycles. The van der Waals surface area contributed by atoms with Crippen LogP contribution in [0.2, 0.25) is 0 Å². The Hall–Kier alpha value is -7.59. The lowest BCUT2D eigenvalue weighted by atomic mass is 9.87. The number of halogens is 2. The molecule has 1 N–H and O–H groups in total. The molecule has 7 aromatic rings. The van der Waals surface area contributed by atoms with Gasteiger partial charge in [-0.15, -0.1) is 0 Å². The summed E-state index contributed by atoms with van der Waals surface area (Å²) in [4.78, 5) is 49.9. The van der Waals surface area contributed by atoms with E-state index in [1.165, 1.54) is 36.1 Å². The van der Waals surface area contributed by atoms with E-state index in [0.717, 1.165) is 90.5 Å². The Morgan fingerprint density at radius 1 is 0.600 bits per heavy atom. The van der Waals surface area contributed by atoms with Gasteiger partial charge in [0.2, 0.25) is 0 Å². The van der Waals surface area contributed by atoms with E-state index in [9.17, 15) is 23.2 Å². The van der Waals surface area contributed by atoms with Crippen molar-refractivity contribution < 1.29 is 46.5 Å². The number of benzene rings is 4. The van der Waals surface area contributed by atoms with E-state index in [4.69, 9.17) is 33.3 Å². The first kappa shape index (κ1) is 60.5. The molecule has 12 nitrogen and oxygen atoms in total. The van der Waals surface area contributed by atoms with Crippen molar-refractivity contribution in [1.82, 2.24) is 20.2 Å². The number of ether oxygens (including phenoxy) is 4. The number of Topliss-reactive ketones (excluding diaryl/α,β-unsaturated/α-hetero) is 2. The number of aromatic nitrogens is 2. The number of nitrogens with zero attached hydrogens (tertiary/aromatic N) is 3. The van der Waals surface area contributed by atoms with Gasteiger partial charge in [0, 0.05) is 85.2 Å². The molecule has 442 valence electrons. The van der Waals surface area contributed by atoms with Crippen molar-refractivity contribution in [3.8, 4) is 44.8 Å². The Bertz CT molecular complexity index is 3640. The fourth-order valence-corrected chi connectivity index (χ4v) is 12.3. The predicted octanol–water partition coefficient (Wildman–Crippen LogP) is 15.5. The fraction of sp³-hybridized carbons (Fsp3) is 0.366.